The van der Waals surface area contributed by atoms with Crippen LogP contribution in [0.2, 0.25) is 0 Å². The smallest absolute Gasteiger partial charge is 0.407 e. The normalized spacial score (nSPS) is 19.4. The van der Waals surface area contributed by atoms with E-state index in [1.165, 1.54) is 0 Å². The molecule has 0 saturated carbocycles. The molecule has 4 rings (SSSR count). The Kier molecular flexibility index (Phi) is 6.18. The fourth-order valence-corrected chi connectivity index (χ4v) is 4.26. The quantitative estimate of drug-likeness (QED) is 0.628. The number of aliphatic carboxylic acids is 1. The van der Waals surface area contributed by atoms with Gasteiger partial charge in [0.05, 0.1) is 0 Å². The largest absolute Gasteiger partial charge is 0.480 e. The Bertz CT molecular complexity index is 946. The van der Waals surface area contributed by atoms with Crippen molar-refractivity contribution in [3.8, 4) is 11.1 Å². The summed E-state index contributed by atoms with van der Waals surface area (Å²) in [6.07, 6.45) is -0.749. The van der Waals surface area contributed by atoms with Gasteiger partial charge >= 0.3 is 12.1 Å². The van der Waals surface area contributed by atoms with Crippen molar-refractivity contribution in [1.82, 2.24) is 10.6 Å². The van der Waals surface area contributed by atoms with E-state index in [4.69, 9.17) is 14.6 Å². The lowest BCUT2D eigenvalue weighted by Crippen LogP contribution is -2.43. The molecule has 0 radical (unpaired) electrons. The molecule has 31 heavy (non-hydrogen) atoms. The van der Waals surface area contributed by atoms with Crippen molar-refractivity contribution in [1.29, 1.82) is 0 Å². The van der Waals surface area contributed by atoms with Gasteiger partial charge in [-0.3, -0.25) is 9.59 Å². The Balaban J connectivity index is 1.31. The Hall–Kier alpha value is -3.39. The zero-order chi connectivity index (χ0) is 21.8. The number of carboxylic acids is 1. The van der Waals surface area contributed by atoms with Crippen LogP contribution < -0.4 is 10.6 Å². The molecule has 8 nitrogen and oxygen atoms in total. The van der Waals surface area contributed by atoms with E-state index in [0.717, 1.165) is 22.3 Å². The third-order valence-corrected chi connectivity index (χ3v) is 5.74. The predicted octanol–water partition coefficient (Wildman–Crippen LogP) is 2.13. The van der Waals surface area contributed by atoms with Crippen LogP contribution >= 0.6 is 0 Å². The molecular weight excluding hydrogens is 400 g/mol. The molecule has 162 valence electrons. The number of hydrogen-bond acceptors (Lipinski definition) is 5. The number of amides is 2. The van der Waals surface area contributed by atoms with Crippen LogP contribution in [-0.2, 0) is 19.1 Å². The lowest BCUT2D eigenvalue weighted by atomic mass is 9.98. The first kappa shape index (κ1) is 20.9. The van der Waals surface area contributed by atoms with Crippen LogP contribution in [0.15, 0.2) is 48.5 Å². The van der Waals surface area contributed by atoms with E-state index >= 15 is 0 Å². The first-order chi connectivity index (χ1) is 15.0. The van der Waals surface area contributed by atoms with Gasteiger partial charge in [0.15, 0.2) is 0 Å². The highest BCUT2D eigenvalue weighted by Crippen LogP contribution is 2.44. The van der Waals surface area contributed by atoms with Crippen LogP contribution in [0, 0.1) is 5.92 Å². The maximum Gasteiger partial charge on any atom is 0.407 e. The highest BCUT2D eigenvalue weighted by molar-refractivity contribution is 5.85. The second-order valence-corrected chi connectivity index (χ2v) is 7.66. The molecule has 8 heteroatoms. The number of alkyl carbamates (subject to hydrolysis) is 1. The molecule has 1 aliphatic carbocycles. The lowest BCUT2D eigenvalue weighted by Gasteiger charge is -2.19. The number of hydrogen-bond donors (Lipinski definition) is 3. The number of fused-ring (bicyclic) bond motifs is 3. The van der Waals surface area contributed by atoms with Gasteiger partial charge in [0.25, 0.3) is 0 Å². The van der Waals surface area contributed by atoms with Crippen LogP contribution in [0.4, 0.5) is 4.79 Å². The van der Waals surface area contributed by atoms with Gasteiger partial charge in [-0.1, -0.05) is 48.5 Å². The molecule has 1 heterocycles. The minimum Gasteiger partial charge on any atom is -0.480 e. The van der Waals surface area contributed by atoms with E-state index in [1.54, 1.807) is 0 Å². The second-order valence-electron chi connectivity index (χ2n) is 7.66. The molecule has 2 aromatic rings. The maximum absolute atomic E-state index is 12.3. The molecule has 0 unspecified atom stereocenters. The third-order valence-electron chi connectivity index (χ3n) is 5.74. The summed E-state index contributed by atoms with van der Waals surface area (Å²) in [5, 5.41) is 13.7. The van der Waals surface area contributed by atoms with Gasteiger partial charge in [0, 0.05) is 25.0 Å². The van der Waals surface area contributed by atoms with Crippen molar-refractivity contribution in [2.24, 2.45) is 5.92 Å². The summed E-state index contributed by atoms with van der Waals surface area (Å²) in [7, 11) is 0. The zero-order valence-corrected chi connectivity index (χ0v) is 16.9. The van der Waals surface area contributed by atoms with E-state index < -0.39 is 30.6 Å². The van der Waals surface area contributed by atoms with E-state index in [0.29, 0.717) is 13.0 Å². The predicted molar refractivity (Wildman–Crippen MR) is 112 cm³/mol. The Morgan fingerprint density at radius 2 is 1.65 bits per heavy atom. The molecule has 0 bridgehead atoms. The fourth-order valence-electron chi connectivity index (χ4n) is 4.26. The number of carbonyl (C=O) groups is 3. The Labute approximate surface area is 179 Å². The van der Waals surface area contributed by atoms with Gasteiger partial charge in [0.2, 0.25) is 5.91 Å². The molecule has 3 N–H and O–H groups in total. The summed E-state index contributed by atoms with van der Waals surface area (Å²) in [4.78, 5) is 35.0. The SMILES string of the molecule is O=C(O)CNC(=O)[C@H]1OCC[C@H]1CNC(=O)OCC1c2ccccc2-c2ccccc21. The maximum atomic E-state index is 12.3. The summed E-state index contributed by atoms with van der Waals surface area (Å²) in [6, 6.07) is 16.2. The number of rotatable bonds is 7. The number of nitrogens with one attached hydrogen (secondary N) is 2. The van der Waals surface area contributed by atoms with Crippen LogP contribution in [-0.4, -0.2) is 55.5 Å². The van der Waals surface area contributed by atoms with Crippen molar-refractivity contribution in [3.63, 3.8) is 0 Å². The Morgan fingerprint density at radius 1 is 1.00 bits per heavy atom. The van der Waals surface area contributed by atoms with Gasteiger partial charge in [-0.2, -0.15) is 0 Å². The van der Waals surface area contributed by atoms with Crippen LogP contribution in [0.3, 0.4) is 0 Å². The van der Waals surface area contributed by atoms with Crippen molar-refractivity contribution < 1.29 is 29.0 Å². The van der Waals surface area contributed by atoms with Gasteiger partial charge in [-0.25, -0.2) is 4.79 Å². The number of carboxylic acid groups (broad SMARTS) is 1. The monoisotopic (exact) mass is 424 g/mol. The average molecular weight is 424 g/mol. The summed E-state index contributed by atoms with van der Waals surface area (Å²) in [6.45, 7) is 0.332. The van der Waals surface area contributed by atoms with Crippen molar-refractivity contribution in [2.75, 3.05) is 26.3 Å². The molecule has 1 aliphatic heterocycles. The number of ether oxygens (including phenoxy) is 2. The first-order valence-electron chi connectivity index (χ1n) is 10.2. The molecule has 2 atom stereocenters. The van der Waals surface area contributed by atoms with Crippen LogP contribution in [0.25, 0.3) is 11.1 Å². The first-order valence-corrected chi connectivity index (χ1v) is 10.2. The van der Waals surface area contributed by atoms with E-state index in [-0.39, 0.29) is 25.0 Å². The lowest BCUT2D eigenvalue weighted by molar-refractivity contribution is -0.140. The molecule has 2 aliphatic rings. The van der Waals surface area contributed by atoms with E-state index in [1.807, 2.05) is 24.3 Å². The molecular formula is C23H24N2O6. The highest BCUT2D eigenvalue weighted by atomic mass is 16.5. The number of carbonyl (C=O) groups excluding carboxylic acids is 2. The van der Waals surface area contributed by atoms with Crippen molar-refractivity contribution in [2.45, 2.75) is 18.4 Å². The molecule has 1 fully saturated rings. The average Bonchev–Trinajstić information content (AvgIpc) is 3.37. The third kappa shape index (κ3) is 4.54. The summed E-state index contributed by atoms with van der Waals surface area (Å²) in [5.74, 6) is -1.88. The van der Waals surface area contributed by atoms with Crippen molar-refractivity contribution in [3.05, 3.63) is 59.7 Å². The molecule has 0 spiro atoms. The second kappa shape index (κ2) is 9.18. The van der Waals surface area contributed by atoms with Gasteiger partial charge < -0.3 is 25.2 Å². The summed E-state index contributed by atoms with van der Waals surface area (Å²) < 4.78 is 10.9. The van der Waals surface area contributed by atoms with Crippen LogP contribution in [0.5, 0.6) is 0 Å². The molecule has 2 amide bonds. The van der Waals surface area contributed by atoms with Gasteiger partial charge in [0.1, 0.15) is 19.3 Å². The van der Waals surface area contributed by atoms with Crippen molar-refractivity contribution >= 4 is 18.0 Å². The fraction of sp³-hybridized carbons (Fsp3) is 0.348. The molecule has 0 aromatic heterocycles. The molecule has 2 aromatic carbocycles. The minimum atomic E-state index is -1.13. The summed E-state index contributed by atoms with van der Waals surface area (Å²) in [5.41, 5.74) is 4.59. The topological polar surface area (TPSA) is 114 Å². The van der Waals surface area contributed by atoms with E-state index in [9.17, 15) is 14.4 Å². The minimum absolute atomic E-state index is 0.0255. The standard InChI is InChI=1S/C23H24N2O6/c26-20(27)12-24-22(28)21-14(9-10-30-21)11-25-23(29)31-13-19-17-7-3-1-5-15(17)16-6-2-4-8-18(16)19/h1-8,14,19,21H,9-13H2,(H,24,28)(H,25,29)(H,26,27)/t14-,21-/m0/s1. The number of benzene rings is 2. The van der Waals surface area contributed by atoms with Gasteiger partial charge in [-0.05, 0) is 28.7 Å². The highest BCUT2D eigenvalue weighted by Gasteiger charge is 2.35. The summed E-state index contributed by atoms with van der Waals surface area (Å²) >= 11 is 0. The van der Waals surface area contributed by atoms with E-state index in [2.05, 4.69) is 34.9 Å². The van der Waals surface area contributed by atoms with Gasteiger partial charge in [-0.15, -0.1) is 0 Å². The van der Waals surface area contributed by atoms with Crippen LogP contribution in [0.1, 0.15) is 23.5 Å². The molecule has 1 saturated heterocycles. The zero-order valence-electron chi connectivity index (χ0n) is 16.9. The Morgan fingerprint density at radius 3 is 2.29 bits per heavy atom.